The number of benzene rings is 1. The van der Waals surface area contributed by atoms with Gasteiger partial charge < -0.3 is 10.2 Å². The number of halogens is 1. The fraction of sp³-hybridized carbons (Fsp3) is 0.312. The van der Waals surface area contributed by atoms with E-state index in [4.69, 9.17) is 11.6 Å². The zero-order valence-corrected chi connectivity index (χ0v) is 14.1. The second kappa shape index (κ2) is 7.28. The van der Waals surface area contributed by atoms with Gasteiger partial charge in [0.25, 0.3) is 5.91 Å². The first-order valence-electron chi connectivity index (χ1n) is 7.14. The maximum atomic E-state index is 12.1. The first-order valence-corrected chi connectivity index (χ1v) is 7.52. The molecular formula is C16H19ClN4O2. The number of likely N-dealkylation sites (N-methyl/N-ethyl adjacent to an activating group) is 1. The number of amides is 2. The number of nitrogens with one attached hydrogen (secondary N) is 1. The van der Waals surface area contributed by atoms with Crippen molar-refractivity contribution >= 4 is 23.4 Å². The van der Waals surface area contributed by atoms with Crippen molar-refractivity contribution in [1.29, 1.82) is 0 Å². The van der Waals surface area contributed by atoms with Crippen LogP contribution in [0.1, 0.15) is 21.7 Å². The van der Waals surface area contributed by atoms with E-state index in [-0.39, 0.29) is 18.4 Å². The van der Waals surface area contributed by atoms with Gasteiger partial charge >= 0.3 is 0 Å². The molecular weight excluding hydrogens is 316 g/mol. The highest BCUT2D eigenvalue weighted by Gasteiger charge is 2.15. The van der Waals surface area contributed by atoms with Crippen molar-refractivity contribution in [2.75, 3.05) is 13.6 Å². The minimum atomic E-state index is -0.318. The highest BCUT2D eigenvalue weighted by molar-refractivity contribution is 6.30. The Morgan fingerprint density at radius 1 is 1.30 bits per heavy atom. The van der Waals surface area contributed by atoms with Gasteiger partial charge in [0.1, 0.15) is 5.69 Å². The van der Waals surface area contributed by atoms with Crippen LogP contribution in [-0.2, 0) is 18.4 Å². The summed E-state index contributed by atoms with van der Waals surface area (Å²) in [5, 5.41) is 7.38. The topological polar surface area (TPSA) is 67.2 Å². The Morgan fingerprint density at radius 3 is 2.52 bits per heavy atom. The van der Waals surface area contributed by atoms with Crippen LogP contribution in [0.3, 0.4) is 0 Å². The van der Waals surface area contributed by atoms with Crippen molar-refractivity contribution in [3.8, 4) is 0 Å². The average molecular weight is 335 g/mol. The molecule has 2 rings (SSSR count). The lowest BCUT2D eigenvalue weighted by molar-refractivity contribution is -0.129. The van der Waals surface area contributed by atoms with E-state index in [1.807, 2.05) is 19.1 Å². The molecule has 0 aliphatic heterocycles. The van der Waals surface area contributed by atoms with E-state index < -0.39 is 0 Å². The maximum Gasteiger partial charge on any atom is 0.269 e. The molecule has 6 nitrogen and oxygen atoms in total. The Hall–Kier alpha value is -2.34. The summed E-state index contributed by atoms with van der Waals surface area (Å²) in [4.78, 5) is 25.7. The lowest BCUT2D eigenvalue weighted by atomic mass is 10.2. The van der Waals surface area contributed by atoms with Gasteiger partial charge in [-0.3, -0.25) is 14.3 Å². The lowest BCUT2D eigenvalue weighted by Gasteiger charge is -2.17. The number of carbonyl (C=O) groups is 2. The highest BCUT2D eigenvalue weighted by Crippen LogP contribution is 2.11. The zero-order chi connectivity index (χ0) is 17.0. The molecule has 122 valence electrons. The fourth-order valence-corrected chi connectivity index (χ4v) is 2.28. The lowest BCUT2D eigenvalue weighted by Crippen LogP contribution is -2.38. The molecule has 0 spiro atoms. The van der Waals surface area contributed by atoms with Gasteiger partial charge in [-0.1, -0.05) is 23.7 Å². The van der Waals surface area contributed by atoms with Gasteiger partial charge in [0.2, 0.25) is 5.91 Å². The van der Waals surface area contributed by atoms with E-state index in [1.165, 1.54) is 4.68 Å². The molecule has 1 aromatic carbocycles. The van der Waals surface area contributed by atoms with Crippen molar-refractivity contribution in [3.63, 3.8) is 0 Å². The molecule has 2 amide bonds. The third-order valence-corrected chi connectivity index (χ3v) is 3.65. The minimum Gasteiger partial charge on any atom is -0.342 e. The van der Waals surface area contributed by atoms with Crippen molar-refractivity contribution in [1.82, 2.24) is 20.0 Å². The molecule has 0 saturated heterocycles. The largest absolute Gasteiger partial charge is 0.342 e. The fourth-order valence-electron chi connectivity index (χ4n) is 2.16. The molecule has 2 aromatic rings. The van der Waals surface area contributed by atoms with Crippen LogP contribution in [0.15, 0.2) is 30.3 Å². The quantitative estimate of drug-likeness (QED) is 0.906. The number of hydrogen-bond acceptors (Lipinski definition) is 3. The first-order chi connectivity index (χ1) is 10.9. The number of nitrogens with zero attached hydrogens (tertiary/aromatic N) is 3. The van der Waals surface area contributed by atoms with Gasteiger partial charge in [0.15, 0.2) is 0 Å². The van der Waals surface area contributed by atoms with Crippen LogP contribution in [0.2, 0.25) is 5.02 Å². The van der Waals surface area contributed by atoms with E-state index in [0.29, 0.717) is 17.3 Å². The molecule has 1 N–H and O–H groups in total. The third-order valence-electron chi connectivity index (χ3n) is 3.39. The van der Waals surface area contributed by atoms with Crippen molar-refractivity contribution in [2.45, 2.75) is 13.5 Å². The summed E-state index contributed by atoms with van der Waals surface area (Å²) in [5.74, 6) is -0.492. The standard InChI is InChI=1S/C16H19ClN4O2/c1-11-8-14(21(3)19-11)16(23)18-9-15(22)20(2)10-12-4-6-13(17)7-5-12/h4-8H,9-10H2,1-3H3,(H,18,23). The van der Waals surface area contributed by atoms with Crippen LogP contribution in [0.4, 0.5) is 0 Å². The van der Waals surface area contributed by atoms with E-state index in [2.05, 4.69) is 10.4 Å². The molecule has 1 aromatic heterocycles. The second-order valence-corrected chi connectivity index (χ2v) is 5.79. The van der Waals surface area contributed by atoms with Crippen LogP contribution in [0.5, 0.6) is 0 Å². The monoisotopic (exact) mass is 334 g/mol. The van der Waals surface area contributed by atoms with Gasteiger partial charge in [-0.2, -0.15) is 5.10 Å². The van der Waals surface area contributed by atoms with Crippen LogP contribution in [0.25, 0.3) is 0 Å². The molecule has 0 aliphatic rings. The number of hydrogen-bond donors (Lipinski definition) is 1. The summed E-state index contributed by atoms with van der Waals surface area (Å²) >= 11 is 5.83. The molecule has 0 atom stereocenters. The normalized spacial score (nSPS) is 10.4. The Labute approximate surface area is 140 Å². The molecule has 0 aliphatic carbocycles. The Kier molecular flexibility index (Phi) is 5.39. The molecule has 0 unspecified atom stereocenters. The molecule has 7 heteroatoms. The van der Waals surface area contributed by atoms with E-state index in [0.717, 1.165) is 11.3 Å². The van der Waals surface area contributed by atoms with E-state index in [1.54, 1.807) is 37.2 Å². The number of aromatic nitrogens is 2. The van der Waals surface area contributed by atoms with Gasteiger partial charge in [-0.05, 0) is 30.7 Å². The number of aryl methyl sites for hydroxylation is 2. The number of carbonyl (C=O) groups excluding carboxylic acids is 2. The summed E-state index contributed by atoms with van der Waals surface area (Å²) in [6.45, 7) is 2.20. The third kappa shape index (κ3) is 4.56. The highest BCUT2D eigenvalue weighted by atomic mass is 35.5. The summed E-state index contributed by atoms with van der Waals surface area (Å²) in [6, 6.07) is 8.97. The summed E-state index contributed by atoms with van der Waals surface area (Å²) in [6.07, 6.45) is 0. The van der Waals surface area contributed by atoms with Crippen molar-refractivity contribution < 1.29 is 9.59 Å². The van der Waals surface area contributed by atoms with E-state index in [9.17, 15) is 9.59 Å². The molecule has 0 saturated carbocycles. The summed E-state index contributed by atoms with van der Waals surface area (Å²) in [7, 11) is 3.38. The first kappa shape index (κ1) is 17.0. The van der Waals surface area contributed by atoms with Crippen LogP contribution < -0.4 is 5.32 Å². The predicted molar refractivity (Wildman–Crippen MR) is 88.2 cm³/mol. The smallest absolute Gasteiger partial charge is 0.269 e. The number of rotatable bonds is 5. The Balaban J connectivity index is 1.87. The summed E-state index contributed by atoms with van der Waals surface area (Å²) < 4.78 is 1.49. The van der Waals surface area contributed by atoms with Crippen LogP contribution in [-0.4, -0.2) is 40.1 Å². The Morgan fingerprint density at radius 2 is 1.96 bits per heavy atom. The summed E-state index contributed by atoms with van der Waals surface area (Å²) in [5.41, 5.74) is 2.15. The maximum absolute atomic E-state index is 12.1. The van der Waals surface area contributed by atoms with Crippen LogP contribution in [0, 0.1) is 6.92 Å². The minimum absolute atomic E-state index is 0.0624. The second-order valence-electron chi connectivity index (χ2n) is 5.35. The predicted octanol–water partition coefficient (Wildman–Crippen LogP) is 1.77. The molecule has 23 heavy (non-hydrogen) atoms. The van der Waals surface area contributed by atoms with Gasteiger partial charge in [-0.25, -0.2) is 0 Å². The van der Waals surface area contributed by atoms with Gasteiger partial charge in [0.05, 0.1) is 12.2 Å². The molecule has 0 fully saturated rings. The van der Waals surface area contributed by atoms with E-state index >= 15 is 0 Å². The van der Waals surface area contributed by atoms with Crippen molar-refractivity contribution in [3.05, 3.63) is 52.3 Å². The molecule has 0 radical (unpaired) electrons. The Bertz CT molecular complexity index is 709. The van der Waals surface area contributed by atoms with Gasteiger partial charge in [-0.15, -0.1) is 0 Å². The van der Waals surface area contributed by atoms with Gasteiger partial charge in [0, 0.05) is 25.7 Å². The zero-order valence-electron chi connectivity index (χ0n) is 13.3. The average Bonchev–Trinajstić information content (AvgIpc) is 2.85. The SMILES string of the molecule is Cc1cc(C(=O)NCC(=O)N(C)Cc2ccc(Cl)cc2)n(C)n1. The molecule has 0 bridgehead atoms. The van der Waals surface area contributed by atoms with Crippen LogP contribution >= 0.6 is 11.6 Å². The molecule has 1 heterocycles. The van der Waals surface area contributed by atoms with Crippen molar-refractivity contribution in [2.24, 2.45) is 7.05 Å².